The van der Waals surface area contributed by atoms with Crippen LogP contribution in [0.5, 0.6) is 0 Å². The van der Waals surface area contributed by atoms with Crippen molar-refractivity contribution in [1.29, 1.82) is 0 Å². The van der Waals surface area contributed by atoms with Gasteiger partial charge in [0, 0.05) is 23.7 Å². The van der Waals surface area contributed by atoms with Crippen molar-refractivity contribution in [3.05, 3.63) is 35.8 Å². The summed E-state index contributed by atoms with van der Waals surface area (Å²) in [5.74, 6) is -7.30. The van der Waals surface area contributed by atoms with Crippen LogP contribution in [-0.4, -0.2) is 71.8 Å². The predicted molar refractivity (Wildman–Crippen MR) is 107 cm³/mol. The van der Waals surface area contributed by atoms with E-state index in [9.17, 15) is 37.3 Å². The number of alkyl halides is 2. The van der Waals surface area contributed by atoms with Crippen LogP contribution in [0, 0.1) is 17.5 Å². The Bertz CT molecular complexity index is 973. The molecule has 182 valence electrons. The average Bonchev–Trinajstić information content (AvgIpc) is 3.23. The summed E-state index contributed by atoms with van der Waals surface area (Å²) in [5, 5.41) is 38.3. The fourth-order valence-electron chi connectivity index (χ4n) is 4.18. The van der Waals surface area contributed by atoms with Crippen LogP contribution >= 0.6 is 11.8 Å². The minimum Gasteiger partial charge on any atom is -0.394 e. The molecule has 1 saturated carbocycles. The Morgan fingerprint density at radius 1 is 1.15 bits per heavy atom. The summed E-state index contributed by atoms with van der Waals surface area (Å²) in [4.78, 5) is 0. The fraction of sp³-hybridized carbons (Fsp3) is 0.600. The summed E-state index contributed by atoms with van der Waals surface area (Å²) in [5.41, 5.74) is -1.24. The van der Waals surface area contributed by atoms with Crippen molar-refractivity contribution in [2.75, 3.05) is 6.61 Å². The van der Waals surface area contributed by atoms with Crippen LogP contribution in [0.15, 0.2) is 18.3 Å². The molecule has 13 heteroatoms. The zero-order valence-electron chi connectivity index (χ0n) is 17.1. The molecular formula is C20H22F5N3O4S. The summed E-state index contributed by atoms with van der Waals surface area (Å²) in [6, 6.07) is 0.248. The van der Waals surface area contributed by atoms with Crippen LogP contribution in [-0.2, 0) is 4.74 Å². The van der Waals surface area contributed by atoms with Gasteiger partial charge in [-0.2, -0.15) is 0 Å². The van der Waals surface area contributed by atoms with Crippen molar-refractivity contribution >= 4 is 11.8 Å². The van der Waals surface area contributed by atoms with Crippen LogP contribution in [0.25, 0.3) is 11.3 Å². The van der Waals surface area contributed by atoms with E-state index in [0.29, 0.717) is 12.8 Å². The molecule has 1 aromatic heterocycles. The number of halogens is 5. The Kier molecular flexibility index (Phi) is 6.97. The van der Waals surface area contributed by atoms with Gasteiger partial charge < -0.3 is 20.1 Å². The highest BCUT2D eigenvalue weighted by Crippen LogP contribution is 2.43. The monoisotopic (exact) mass is 495 g/mol. The summed E-state index contributed by atoms with van der Waals surface area (Å²) >= 11 is 1.00. The highest BCUT2D eigenvalue weighted by atomic mass is 32.2. The Labute approximate surface area is 189 Å². The lowest BCUT2D eigenvalue weighted by Gasteiger charge is -2.43. The number of nitrogens with zero attached hydrogens (tertiary/aromatic N) is 3. The van der Waals surface area contributed by atoms with Gasteiger partial charge in [0.25, 0.3) is 0 Å². The Morgan fingerprint density at radius 2 is 1.85 bits per heavy atom. The molecule has 2 fully saturated rings. The molecule has 0 bridgehead atoms. The third-order valence-corrected chi connectivity index (χ3v) is 7.31. The third kappa shape index (κ3) is 5.02. The van der Waals surface area contributed by atoms with Gasteiger partial charge in [-0.3, -0.25) is 0 Å². The van der Waals surface area contributed by atoms with Crippen molar-refractivity contribution < 1.29 is 42.0 Å². The van der Waals surface area contributed by atoms with E-state index in [-0.39, 0.29) is 24.1 Å². The molecule has 0 amide bonds. The Morgan fingerprint density at radius 3 is 2.48 bits per heavy atom. The lowest BCUT2D eigenvalue weighted by molar-refractivity contribution is -0.178. The molecule has 2 aliphatic rings. The largest absolute Gasteiger partial charge is 0.394 e. The maximum atomic E-state index is 13.8. The normalized spacial score (nSPS) is 32.1. The summed E-state index contributed by atoms with van der Waals surface area (Å²) < 4.78 is 74.7. The third-order valence-electron chi connectivity index (χ3n) is 5.87. The molecule has 4 rings (SSSR count). The topological polar surface area (TPSA) is 101 Å². The SMILES string of the molecule is OCC1O[C@H](SC2CCCC(F)(F)C2)C(O)[C@@H](n2cc(-c3cc(F)c(F)c(F)c3)nn2)[C@H]1O. The average molecular weight is 495 g/mol. The number of aliphatic hydroxyl groups excluding tert-OH is 3. The molecular weight excluding hydrogens is 473 g/mol. The number of aromatic nitrogens is 3. The number of rotatable bonds is 5. The Hall–Kier alpha value is -1.80. The zero-order chi connectivity index (χ0) is 23.9. The van der Waals surface area contributed by atoms with Crippen molar-refractivity contribution in [1.82, 2.24) is 15.0 Å². The lowest BCUT2D eigenvalue weighted by atomic mass is 9.96. The van der Waals surface area contributed by atoms with Crippen LogP contribution < -0.4 is 0 Å². The minimum absolute atomic E-state index is 0.0598. The minimum atomic E-state index is -2.81. The molecule has 1 saturated heterocycles. The van der Waals surface area contributed by atoms with Crippen LogP contribution in [0.3, 0.4) is 0 Å². The smallest absolute Gasteiger partial charge is 0.249 e. The molecule has 1 aliphatic carbocycles. The second-order valence-electron chi connectivity index (χ2n) is 8.25. The molecule has 2 heterocycles. The van der Waals surface area contributed by atoms with Crippen LogP contribution in [0.2, 0.25) is 0 Å². The predicted octanol–water partition coefficient (Wildman–Crippen LogP) is 2.65. The first-order valence-corrected chi connectivity index (χ1v) is 11.3. The lowest BCUT2D eigenvalue weighted by Crippen LogP contribution is -2.55. The second kappa shape index (κ2) is 9.45. The summed E-state index contributed by atoms with van der Waals surface area (Å²) in [7, 11) is 0. The van der Waals surface area contributed by atoms with Crippen molar-refractivity contribution in [2.45, 2.75) is 66.6 Å². The van der Waals surface area contributed by atoms with Gasteiger partial charge in [0.15, 0.2) is 17.5 Å². The van der Waals surface area contributed by atoms with Crippen molar-refractivity contribution in [2.24, 2.45) is 0 Å². The quantitative estimate of drug-likeness (QED) is 0.433. The molecule has 1 aliphatic heterocycles. The molecule has 3 unspecified atom stereocenters. The molecule has 3 N–H and O–H groups in total. The van der Waals surface area contributed by atoms with E-state index in [1.807, 2.05) is 0 Å². The fourth-order valence-corrected chi connectivity index (χ4v) is 5.73. The number of hydrogen-bond acceptors (Lipinski definition) is 7. The maximum Gasteiger partial charge on any atom is 0.249 e. The van der Waals surface area contributed by atoms with E-state index in [0.717, 1.165) is 28.6 Å². The van der Waals surface area contributed by atoms with E-state index in [2.05, 4.69) is 10.3 Å². The Balaban J connectivity index is 1.58. The maximum absolute atomic E-state index is 13.8. The van der Waals surface area contributed by atoms with Gasteiger partial charge in [-0.05, 0) is 25.0 Å². The number of benzene rings is 1. The summed E-state index contributed by atoms with van der Waals surface area (Å²) in [6.45, 7) is -0.613. The molecule has 7 nitrogen and oxygen atoms in total. The first-order chi connectivity index (χ1) is 15.6. The van der Waals surface area contributed by atoms with E-state index >= 15 is 0 Å². The van der Waals surface area contributed by atoms with E-state index < -0.39 is 65.0 Å². The van der Waals surface area contributed by atoms with E-state index in [1.54, 1.807) is 0 Å². The van der Waals surface area contributed by atoms with Gasteiger partial charge in [0.05, 0.1) is 12.8 Å². The molecule has 6 atom stereocenters. The van der Waals surface area contributed by atoms with Crippen molar-refractivity contribution in [3.8, 4) is 11.3 Å². The molecule has 33 heavy (non-hydrogen) atoms. The van der Waals surface area contributed by atoms with E-state index in [1.165, 1.54) is 6.20 Å². The van der Waals surface area contributed by atoms with E-state index in [4.69, 9.17) is 4.74 Å². The van der Waals surface area contributed by atoms with Gasteiger partial charge in [-0.1, -0.05) is 5.21 Å². The molecule has 2 aromatic rings. The van der Waals surface area contributed by atoms with Gasteiger partial charge in [-0.25, -0.2) is 26.6 Å². The number of ether oxygens (including phenoxy) is 1. The van der Waals surface area contributed by atoms with Gasteiger partial charge in [0.2, 0.25) is 5.92 Å². The second-order valence-corrected chi connectivity index (χ2v) is 9.65. The highest BCUT2D eigenvalue weighted by molar-refractivity contribution is 8.00. The van der Waals surface area contributed by atoms with Gasteiger partial charge in [0.1, 0.15) is 35.5 Å². The van der Waals surface area contributed by atoms with Crippen molar-refractivity contribution in [3.63, 3.8) is 0 Å². The first-order valence-electron chi connectivity index (χ1n) is 10.3. The van der Waals surface area contributed by atoms with Crippen LogP contribution in [0.1, 0.15) is 31.7 Å². The first kappa shape index (κ1) is 24.3. The molecule has 0 radical (unpaired) electrons. The summed E-state index contributed by atoms with van der Waals surface area (Å²) in [6.07, 6.45) is -2.60. The molecule has 1 aromatic carbocycles. The number of hydrogen-bond donors (Lipinski definition) is 3. The zero-order valence-corrected chi connectivity index (χ0v) is 17.9. The van der Waals surface area contributed by atoms with Gasteiger partial charge in [-0.15, -0.1) is 16.9 Å². The standard InChI is InChI=1S/C20H22F5N3O4S/c21-11-4-9(5-12(22)15(11)23)13-7-28(27-26-13)16-17(30)14(8-29)32-19(18(16)31)33-10-2-1-3-20(24,25)6-10/h4-5,7,10,14,16-19,29-31H,1-3,6,8H2/t10?,14?,16-,17-,18?,19+/m0/s1. The number of thioether (sulfide) groups is 1. The molecule has 0 spiro atoms. The van der Waals surface area contributed by atoms with Gasteiger partial charge >= 0.3 is 0 Å². The van der Waals surface area contributed by atoms with Crippen LogP contribution in [0.4, 0.5) is 22.0 Å². The number of aliphatic hydroxyl groups is 3. The highest BCUT2D eigenvalue weighted by Gasteiger charge is 2.48.